The smallest absolute Gasteiger partial charge is 0.167 e. The molecule has 2 aromatic rings. The second-order valence-corrected chi connectivity index (χ2v) is 6.90. The van der Waals surface area contributed by atoms with E-state index in [1.165, 1.54) is 19.3 Å². The minimum absolute atomic E-state index is 0.00366. The second-order valence-electron chi connectivity index (χ2n) is 6.90. The predicted molar refractivity (Wildman–Crippen MR) is 84.7 cm³/mol. The minimum Gasteiger partial charge on any atom is -0.382 e. The molecule has 3 N–H and O–H groups in total. The summed E-state index contributed by atoms with van der Waals surface area (Å²) in [6.07, 6.45) is 6.91. The lowest BCUT2D eigenvalue weighted by Crippen LogP contribution is -2.76. The summed E-state index contributed by atoms with van der Waals surface area (Å²) in [7, 11) is 0. The number of fused-ring (bicyclic) bond motifs is 1. The van der Waals surface area contributed by atoms with E-state index in [1.54, 1.807) is 6.33 Å². The summed E-state index contributed by atoms with van der Waals surface area (Å²) in [6.45, 7) is 4.49. The van der Waals surface area contributed by atoms with Crippen molar-refractivity contribution >= 4 is 17.0 Å². The van der Waals surface area contributed by atoms with Gasteiger partial charge < -0.3 is 15.8 Å². The minimum atomic E-state index is -0.00366. The van der Waals surface area contributed by atoms with Gasteiger partial charge in [-0.05, 0) is 19.3 Å². The largest absolute Gasteiger partial charge is 0.382 e. The van der Waals surface area contributed by atoms with Gasteiger partial charge in [0.05, 0.1) is 12.4 Å². The Kier molecular flexibility index (Phi) is 2.88. The van der Waals surface area contributed by atoms with Gasteiger partial charge in [-0.1, -0.05) is 0 Å². The van der Waals surface area contributed by atoms with E-state index < -0.39 is 0 Å². The van der Waals surface area contributed by atoms with Crippen LogP contribution >= 0.6 is 0 Å². The molecule has 3 aliphatic rings. The number of ether oxygens (including phenoxy) is 1. The average molecular weight is 315 g/mol. The molecule has 0 amide bonds. The normalized spacial score (nSPS) is 29.7. The SMILES string of the molecule is Nc1ncnc2c1ncn2C1CCC(CN2CCC23CNC3)O1. The molecule has 0 saturated carbocycles. The molecule has 2 atom stereocenters. The molecule has 0 aliphatic carbocycles. The first kappa shape index (κ1) is 13.6. The number of likely N-dealkylation sites (tertiary alicyclic amines) is 1. The van der Waals surface area contributed by atoms with Crippen LogP contribution in [-0.2, 0) is 4.74 Å². The van der Waals surface area contributed by atoms with Crippen LogP contribution < -0.4 is 11.1 Å². The topological polar surface area (TPSA) is 94.1 Å². The molecule has 1 spiro atoms. The summed E-state index contributed by atoms with van der Waals surface area (Å²) in [5, 5.41) is 3.39. The number of nitrogens with one attached hydrogen (secondary N) is 1. The summed E-state index contributed by atoms with van der Waals surface area (Å²) in [5.74, 6) is 0.420. The maximum atomic E-state index is 6.28. The molecule has 8 heteroatoms. The van der Waals surface area contributed by atoms with Gasteiger partial charge >= 0.3 is 0 Å². The highest BCUT2D eigenvalue weighted by molar-refractivity contribution is 5.81. The fourth-order valence-corrected chi connectivity index (χ4v) is 4.04. The Morgan fingerprint density at radius 3 is 2.96 bits per heavy atom. The zero-order chi connectivity index (χ0) is 15.4. The van der Waals surface area contributed by atoms with Gasteiger partial charge in [0.1, 0.15) is 18.1 Å². The molecule has 3 fully saturated rings. The third-order valence-electron chi connectivity index (χ3n) is 5.63. The van der Waals surface area contributed by atoms with E-state index in [9.17, 15) is 0 Å². The van der Waals surface area contributed by atoms with Crippen LogP contribution in [0.15, 0.2) is 12.7 Å². The van der Waals surface area contributed by atoms with Crippen molar-refractivity contribution in [2.75, 3.05) is 31.9 Å². The molecule has 0 bridgehead atoms. The third kappa shape index (κ3) is 1.98. The van der Waals surface area contributed by atoms with Crippen LogP contribution in [0.3, 0.4) is 0 Å². The molecule has 8 nitrogen and oxygen atoms in total. The lowest BCUT2D eigenvalue weighted by Gasteiger charge is -2.59. The fraction of sp³-hybridized carbons (Fsp3) is 0.667. The van der Waals surface area contributed by atoms with E-state index in [1.807, 2.05) is 4.57 Å². The number of imidazole rings is 1. The fourth-order valence-electron chi connectivity index (χ4n) is 4.04. The predicted octanol–water partition coefficient (Wildman–Crippen LogP) is 0.134. The Morgan fingerprint density at radius 2 is 2.22 bits per heavy atom. The van der Waals surface area contributed by atoms with Crippen molar-refractivity contribution in [3.05, 3.63) is 12.7 Å². The number of anilines is 1. The summed E-state index contributed by atoms with van der Waals surface area (Å²) >= 11 is 0. The quantitative estimate of drug-likeness (QED) is 0.831. The first-order chi connectivity index (χ1) is 11.3. The number of nitrogens with two attached hydrogens (primary N) is 1. The van der Waals surface area contributed by atoms with Gasteiger partial charge in [0.2, 0.25) is 0 Å². The van der Waals surface area contributed by atoms with Crippen molar-refractivity contribution in [2.45, 2.75) is 37.1 Å². The number of nitrogen functional groups attached to an aromatic ring is 1. The number of hydrogen-bond donors (Lipinski definition) is 2. The standard InChI is InChI=1S/C15H21N7O/c16-13-12-14(19-8-18-13)22(9-20-12)11-2-1-10(23-11)5-21-4-3-15(21)6-17-7-15/h8-11,17H,1-7H2,(H2,16,18,19). The lowest BCUT2D eigenvalue weighted by atomic mass is 9.79. The average Bonchev–Trinajstić information content (AvgIpc) is 3.09. The van der Waals surface area contributed by atoms with Gasteiger partial charge in [0.25, 0.3) is 0 Å². The molecule has 0 aromatic carbocycles. The van der Waals surface area contributed by atoms with Gasteiger partial charge in [0.15, 0.2) is 11.5 Å². The first-order valence-electron chi connectivity index (χ1n) is 8.29. The van der Waals surface area contributed by atoms with Crippen molar-refractivity contribution in [3.63, 3.8) is 0 Å². The Balaban J connectivity index is 1.30. The molecule has 3 aliphatic heterocycles. The van der Waals surface area contributed by atoms with E-state index >= 15 is 0 Å². The van der Waals surface area contributed by atoms with Crippen molar-refractivity contribution in [1.82, 2.24) is 29.7 Å². The Morgan fingerprint density at radius 1 is 1.30 bits per heavy atom. The maximum Gasteiger partial charge on any atom is 0.167 e. The van der Waals surface area contributed by atoms with Gasteiger partial charge in [-0.15, -0.1) is 0 Å². The molecule has 122 valence electrons. The monoisotopic (exact) mass is 315 g/mol. The van der Waals surface area contributed by atoms with Crippen LogP contribution in [0.25, 0.3) is 11.2 Å². The van der Waals surface area contributed by atoms with Crippen LogP contribution in [0.1, 0.15) is 25.5 Å². The number of rotatable bonds is 3. The van der Waals surface area contributed by atoms with Crippen LogP contribution in [0.4, 0.5) is 5.82 Å². The highest BCUT2D eigenvalue weighted by atomic mass is 16.5. The van der Waals surface area contributed by atoms with Crippen molar-refractivity contribution in [2.24, 2.45) is 0 Å². The molecular formula is C15H21N7O. The van der Waals surface area contributed by atoms with E-state index in [0.717, 1.165) is 38.1 Å². The number of aromatic nitrogens is 4. The molecule has 23 heavy (non-hydrogen) atoms. The van der Waals surface area contributed by atoms with Gasteiger partial charge in [-0.25, -0.2) is 15.0 Å². The van der Waals surface area contributed by atoms with E-state index in [-0.39, 0.29) is 12.3 Å². The van der Waals surface area contributed by atoms with Crippen LogP contribution in [0, 0.1) is 0 Å². The van der Waals surface area contributed by atoms with Crippen LogP contribution in [-0.4, -0.2) is 62.2 Å². The molecule has 5 rings (SSSR count). The molecule has 5 heterocycles. The summed E-state index contributed by atoms with van der Waals surface area (Å²) in [6, 6.07) is 0. The van der Waals surface area contributed by atoms with Gasteiger partial charge in [-0.3, -0.25) is 9.47 Å². The van der Waals surface area contributed by atoms with E-state index in [2.05, 4.69) is 25.2 Å². The Hall–Kier alpha value is -1.77. The summed E-state index contributed by atoms with van der Waals surface area (Å²) in [5.41, 5.74) is 7.70. The molecular weight excluding hydrogens is 294 g/mol. The van der Waals surface area contributed by atoms with Crippen LogP contribution in [0.5, 0.6) is 0 Å². The van der Waals surface area contributed by atoms with Crippen molar-refractivity contribution in [3.8, 4) is 0 Å². The zero-order valence-electron chi connectivity index (χ0n) is 13.0. The van der Waals surface area contributed by atoms with Crippen LogP contribution in [0.2, 0.25) is 0 Å². The highest BCUT2D eigenvalue weighted by Gasteiger charge is 2.50. The van der Waals surface area contributed by atoms with Gasteiger partial charge in [-0.2, -0.15) is 0 Å². The first-order valence-corrected chi connectivity index (χ1v) is 8.29. The summed E-state index contributed by atoms with van der Waals surface area (Å²) < 4.78 is 8.27. The molecule has 0 radical (unpaired) electrons. The van der Waals surface area contributed by atoms with E-state index in [0.29, 0.717) is 16.9 Å². The van der Waals surface area contributed by atoms with Crippen molar-refractivity contribution < 1.29 is 4.74 Å². The second kappa shape index (κ2) is 4.86. The number of nitrogens with zero attached hydrogens (tertiary/aromatic N) is 5. The number of hydrogen-bond acceptors (Lipinski definition) is 7. The molecule has 3 saturated heterocycles. The van der Waals surface area contributed by atoms with E-state index in [4.69, 9.17) is 10.5 Å². The molecule has 2 aromatic heterocycles. The zero-order valence-corrected chi connectivity index (χ0v) is 13.0. The van der Waals surface area contributed by atoms with Crippen molar-refractivity contribution in [1.29, 1.82) is 0 Å². The lowest BCUT2D eigenvalue weighted by molar-refractivity contribution is -0.0923. The Labute approximate surface area is 134 Å². The highest BCUT2D eigenvalue weighted by Crippen LogP contribution is 2.37. The third-order valence-corrected chi connectivity index (χ3v) is 5.63. The summed E-state index contributed by atoms with van der Waals surface area (Å²) in [4.78, 5) is 15.2. The maximum absolute atomic E-state index is 6.28. The Bertz CT molecular complexity index is 735. The van der Waals surface area contributed by atoms with Gasteiger partial charge in [0, 0.05) is 31.7 Å². The molecule has 2 unspecified atom stereocenters.